The second kappa shape index (κ2) is 28.4. The van der Waals surface area contributed by atoms with Gasteiger partial charge in [0.15, 0.2) is 0 Å². The second-order valence-corrected chi connectivity index (χ2v) is 11.1. The number of rotatable bonds is 25. The SMILES string of the molecule is CCCOOCCCC(CCCOO)(COCCCOO)COP(CCC#N)N(C(C)C)C(C)C.[Ir].[Ir]. The Hall–Kier alpha value is 0.859. The van der Waals surface area contributed by atoms with Crippen molar-refractivity contribution in [2.75, 3.05) is 52.4 Å². The van der Waals surface area contributed by atoms with Crippen molar-refractivity contribution in [3.63, 3.8) is 0 Å². The molecule has 10 nitrogen and oxygen atoms in total. The van der Waals surface area contributed by atoms with Gasteiger partial charge < -0.3 is 9.26 Å². The topological polar surface area (TPSA) is 123 Å². The minimum absolute atomic E-state index is 0. The molecule has 0 aromatic heterocycles. The first-order valence-corrected chi connectivity index (χ1v) is 14.2. The van der Waals surface area contributed by atoms with Gasteiger partial charge in [-0.25, -0.2) is 19.6 Å². The van der Waals surface area contributed by atoms with Gasteiger partial charge in [-0.2, -0.15) is 5.26 Å². The van der Waals surface area contributed by atoms with Crippen molar-refractivity contribution in [2.45, 2.75) is 91.6 Å². The molecule has 0 aromatic carbocycles. The van der Waals surface area contributed by atoms with Crippen molar-refractivity contribution >= 4 is 8.30 Å². The van der Waals surface area contributed by atoms with Crippen LogP contribution in [0.25, 0.3) is 0 Å². The van der Waals surface area contributed by atoms with Crippen molar-refractivity contribution in [2.24, 2.45) is 5.41 Å². The average Bonchev–Trinajstić information content (AvgIpc) is 2.82. The van der Waals surface area contributed by atoms with Crippen LogP contribution in [0.4, 0.5) is 0 Å². The molecule has 2 atom stereocenters. The Morgan fingerprint density at radius 3 is 1.95 bits per heavy atom. The molecule has 0 amide bonds. The Bertz CT molecular complexity index is 527. The Morgan fingerprint density at radius 1 is 0.838 bits per heavy atom. The maximum absolute atomic E-state index is 9.21. The van der Waals surface area contributed by atoms with Gasteiger partial charge in [0.1, 0.15) is 8.30 Å². The predicted molar refractivity (Wildman–Crippen MR) is 136 cm³/mol. The number of nitrogens with zero attached hydrogens (tertiary/aromatic N) is 2. The van der Waals surface area contributed by atoms with E-state index in [1.807, 2.05) is 6.92 Å². The zero-order chi connectivity index (χ0) is 26.4. The van der Waals surface area contributed by atoms with Crippen LogP contribution in [0.3, 0.4) is 0 Å². The Balaban J connectivity index is -0.00000578. The summed E-state index contributed by atoms with van der Waals surface area (Å²) in [5, 5.41) is 26.7. The third kappa shape index (κ3) is 21.3. The Kier molecular flexibility index (Phi) is 32.5. The van der Waals surface area contributed by atoms with Crippen LogP contribution in [0.2, 0.25) is 0 Å². The Labute approximate surface area is 252 Å². The van der Waals surface area contributed by atoms with Crippen LogP contribution < -0.4 is 0 Å². The summed E-state index contributed by atoms with van der Waals surface area (Å²) in [6, 6.07) is 2.84. The summed E-state index contributed by atoms with van der Waals surface area (Å²) < 4.78 is 15.0. The molecule has 0 aliphatic rings. The quantitative estimate of drug-likeness (QED) is 0.0516. The van der Waals surface area contributed by atoms with Gasteiger partial charge in [-0.1, -0.05) is 6.92 Å². The molecular weight excluding hydrogens is 860 g/mol. The molecular formula is C24H49Ir2N2O8P. The fourth-order valence-electron chi connectivity index (χ4n) is 3.90. The molecule has 0 spiro atoms. The molecule has 37 heavy (non-hydrogen) atoms. The molecule has 0 bridgehead atoms. The first kappa shape index (κ1) is 42.3. The van der Waals surface area contributed by atoms with Crippen LogP contribution in [0.1, 0.15) is 79.6 Å². The van der Waals surface area contributed by atoms with Crippen molar-refractivity contribution in [1.29, 1.82) is 5.26 Å². The molecule has 2 unspecified atom stereocenters. The number of hydrogen-bond acceptors (Lipinski definition) is 10. The summed E-state index contributed by atoms with van der Waals surface area (Å²) in [6.45, 7) is 13.4. The van der Waals surface area contributed by atoms with Crippen molar-refractivity contribution in [1.82, 2.24) is 4.67 Å². The maximum Gasteiger partial charge on any atom is 0.105 e. The summed E-state index contributed by atoms with van der Waals surface area (Å²) in [5.41, 5.74) is -0.334. The summed E-state index contributed by atoms with van der Waals surface area (Å²) in [4.78, 5) is 18.9. The van der Waals surface area contributed by atoms with E-state index in [0.717, 1.165) is 25.7 Å². The Morgan fingerprint density at radius 2 is 1.41 bits per heavy atom. The van der Waals surface area contributed by atoms with Crippen LogP contribution in [0.5, 0.6) is 0 Å². The van der Waals surface area contributed by atoms with E-state index in [-0.39, 0.29) is 70.9 Å². The molecule has 0 aliphatic carbocycles. The van der Waals surface area contributed by atoms with Gasteiger partial charge in [0, 0.05) is 76.9 Å². The smallest absolute Gasteiger partial charge is 0.105 e. The van der Waals surface area contributed by atoms with Gasteiger partial charge in [-0.05, 0) is 66.2 Å². The average molecular weight is 909 g/mol. The zero-order valence-corrected chi connectivity index (χ0v) is 28.8. The molecule has 226 valence electrons. The number of nitriles is 1. The van der Waals surface area contributed by atoms with E-state index in [4.69, 9.17) is 29.6 Å². The molecule has 0 fully saturated rings. The normalized spacial score (nSPS) is 13.8. The largest absolute Gasteiger partial charge is 0.381 e. The van der Waals surface area contributed by atoms with E-state index >= 15 is 0 Å². The molecule has 0 aliphatic heterocycles. The van der Waals surface area contributed by atoms with Gasteiger partial charge >= 0.3 is 0 Å². The minimum atomic E-state index is -0.977. The van der Waals surface area contributed by atoms with Gasteiger partial charge in [0.2, 0.25) is 0 Å². The first-order chi connectivity index (χ1) is 16.9. The van der Waals surface area contributed by atoms with E-state index in [0.29, 0.717) is 58.5 Å². The van der Waals surface area contributed by atoms with E-state index in [9.17, 15) is 5.26 Å². The zero-order valence-electron chi connectivity index (χ0n) is 23.1. The first-order valence-electron chi connectivity index (χ1n) is 12.8. The standard InChI is InChI=1S/C24H49N2O8P.2Ir/c1-6-14-32-33-18-8-12-24(11-7-16-30-27,20-29-15-10-17-31-28)21-34-35(19-9-13-25)26(22(2)3)23(4)5;;/h22-23,27-28H,6-12,14-21H2,1-5H3;;. The molecule has 0 rings (SSSR count). The van der Waals surface area contributed by atoms with Crippen LogP contribution in [-0.4, -0.2) is 79.7 Å². The van der Waals surface area contributed by atoms with Crippen molar-refractivity contribution < 1.29 is 79.5 Å². The van der Waals surface area contributed by atoms with E-state index in [1.54, 1.807) is 0 Å². The fraction of sp³-hybridized carbons (Fsp3) is 0.958. The third-order valence-electron chi connectivity index (χ3n) is 5.43. The molecule has 2 radical (unpaired) electrons. The fourth-order valence-corrected chi connectivity index (χ4v) is 6.14. The maximum atomic E-state index is 9.21. The second-order valence-electron chi connectivity index (χ2n) is 9.25. The van der Waals surface area contributed by atoms with Crippen molar-refractivity contribution in [3.8, 4) is 6.07 Å². The monoisotopic (exact) mass is 910 g/mol. The molecule has 0 heterocycles. The minimum Gasteiger partial charge on any atom is -0.381 e. The summed E-state index contributed by atoms with van der Waals surface area (Å²) >= 11 is 0. The van der Waals surface area contributed by atoms with E-state index < -0.39 is 8.30 Å². The van der Waals surface area contributed by atoms with E-state index in [1.165, 1.54) is 0 Å². The predicted octanol–water partition coefficient (Wildman–Crippen LogP) is 5.63. The van der Waals surface area contributed by atoms with Crippen LogP contribution in [0.15, 0.2) is 0 Å². The summed E-state index contributed by atoms with van der Waals surface area (Å²) in [7, 11) is -0.977. The summed E-state index contributed by atoms with van der Waals surface area (Å²) in [5.74, 6) is 0. The molecule has 13 heteroatoms. The van der Waals surface area contributed by atoms with Crippen LogP contribution in [-0.2, 0) is 69.0 Å². The number of ether oxygens (including phenoxy) is 1. The van der Waals surface area contributed by atoms with Gasteiger partial charge in [-0.3, -0.25) is 15.2 Å². The van der Waals surface area contributed by atoms with Crippen LogP contribution in [0, 0.1) is 16.7 Å². The molecule has 2 N–H and O–H groups in total. The van der Waals surface area contributed by atoms with E-state index in [2.05, 4.69) is 48.2 Å². The van der Waals surface area contributed by atoms with Gasteiger partial charge in [-0.15, -0.1) is 0 Å². The van der Waals surface area contributed by atoms with Crippen LogP contribution >= 0.6 is 8.30 Å². The third-order valence-corrected chi connectivity index (χ3v) is 7.90. The van der Waals surface area contributed by atoms with Crippen molar-refractivity contribution in [3.05, 3.63) is 0 Å². The van der Waals surface area contributed by atoms with Gasteiger partial charge in [0.25, 0.3) is 0 Å². The molecule has 0 aromatic rings. The molecule has 0 saturated carbocycles. The molecule has 0 saturated heterocycles. The van der Waals surface area contributed by atoms with Gasteiger partial charge in [0.05, 0.1) is 45.7 Å². The summed E-state index contributed by atoms with van der Waals surface area (Å²) in [6.07, 6.45) is 5.48. The number of hydrogen-bond donors (Lipinski definition) is 2.